The number of amides is 1. The van der Waals surface area contributed by atoms with E-state index in [-0.39, 0.29) is 11.9 Å². The van der Waals surface area contributed by atoms with Crippen LogP contribution in [0, 0.1) is 0 Å². The Kier molecular flexibility index (Phi) is 6.06. The lowest BCUT2D eigenvalue weighted by Crippen LogP contribution is -2.38. The Labute approximate surface area is 180 Å². The Morgan fingerprint density at radius 2 is 1.84 bits per heavy atom. The number of nitrogens with zero attached hydrogens (tertiary/aromatic N) is 3. The number of benzene rings is 2. The number of aromatic nitrogens is 2. The number of hydrogen-bond acceptors (Lipinski definition) is 7. The molecule has 0 bridgehead atoms. The first-order chi connectivity index (χ1) is 15.1. The fourth-order valence-corrected chi connectivity index (χ4v) is 3.81. The summed E-state index contributed by atoms with van der Waals surface area (Å²) >= 11 is 0. The van der Waals surface area contributed by atoms with Crippen molar-refractivity contribution in [2.24, 2.45) is 0 Å². The first-order valence-corrected chi connectivity index (χ1v) is 10.2. The van der Waals surface area contributed by atoms with Crippen molar-refractivity contribution in [2.75, 3.05) is 27.9 Å². The van der Waals surface area contributed by atoms with Crippen molar-refractivity contribution in [1.82, 2.24) is 15.0 Å². The average molecular weight is 423 g/mol. The maximum atomic E-state index is 13.4. The van der Waals surface area contributed by atoms with Crippen LogP contribution in [0.3, 0.4) is 0 Å². The minimum atomic E-state index is -0.292. The Balaban J connectivity index is 1.63. The van der Waals surface area contributed by atoms with Gasteiger partial charge >= 0.3 is 0 Å². The van der Waals surface area contributed by atoms with Gasteiger partial charge in [-0.15, -0.1) is 0 Å². The van der Waals surface area contributed by atoms with E-state index in [1.54, 1.807) is 37.3 Å². The van der Waals surface area contributed by atoms with E-state index in [4.69, 9.17) is 18.7 Å². The molecule has 0 saturated carbocycles. The Morgan fingerprint density at radius 3 is 2.61 bits per heavy atom. The van der Waals surface area contributed by atoms with Crippen molar-refractivity contribution < 1.29 is 23.5 Å². The lowest BCUT2D eigenvalue weighted by atomic mass is 10.00. The molecule has 2 aromatic carbocycles. The summed E-state index contributed by atoms with van der Waals surface area (Å²) in [7, 11) is 4.73. The zero-order valence-corrected chi connectivity index (χ0v) is 17.8. The van der Waals surface area contributed by atoms with Crippen LogP contribution in [0.1, 0.15) is 41.6 Å². The van der Waals surface area contributed by atoms with E-state index in [0.29, 0.717) is 41.1 Å². The standard InChI is InChI=1S/C23H25N3O5/c1-28-16-8-6-7-15(13-16)21-24-22(31-25-21)19-9-4-5-12-26(19)23(27)18-11-10-17(29-2)14-20(18)30-3/h6-8,10-11,13-14,19H,4-5,9,12H2,1-3H3. The monoisotopic (exact) mass is 423 g/mol. The molecule has 2 heterocycles. The summed E-state index contributed by atoms with van der Waals surface area (Å²) < 4.78 is 21.5. The molecule has 0 spiro atoms. The Morgan fingerprint density at radius 1 is 1.03 bits per heavy atom. The van der Waals surface area contributed by atoms with E-state index in [9.17, 15) is 4.79 Å². The number of piperidine rings is 1. The second-order valence-corrected chi connectivity index (χ2v) is 7.26. The van der Waals surface area contributed by atoms with E-state index in [1.165, 1.54) is 7.11 Å². The molecule has 0 N–H and O–H groups in total. The molecule has 1 atom stereocenters. The highest BCUT2D eigenvalue weighted by Gasteiger charge is 2.34. The van der Waals surface area contributed by atoms with Gasteiger partial charge in [0.05, 0.1) is 26.9 Å². The summed E-state index contributed by atoms with van der Waals surface area (Å²) in [6.07, 6.45) is 2.65. The summed E-state index contributed by atoms with van der Waals surface area (Å²) in [6.45, 7) is 0.607. The van der Waals surface area contributed by atoms with E-state index < -0.39 is 0 Å². The summed E-state index contributed by atoms with van der Waals surface area (Å²) in [6, 6.07) is 12.4. The highest BCUT2D eigenvalue weighted by atomic mass is 16.5. The summed E-state index contributed by atoms with van der Waals surface area (Å²) in [5.41, 5.74) is 1.27. The lowest BCUT2D eigenvalue weighted by molar-refractivity contribution is 0.0558. The van der Waals surface area contributed by atoms with E-state index in [2.05, 4.69) is 10.1 Å². The fourth-order valence-electron chi connectivity index (χ4n) is 3.81. The second-order valence-electron chi connectivity index (χ2n) is 7.26. The van der Waals surface area contributed by atoms with E-state index >= 15 is 0 Å². The molecule has 1 aliphatic rings. The number of methoxy groups -OCH3 is 3. The smallest absolute Gasteiger partial charge is 0.258 e. The third-order valence-corrected chi connectivity index (χ3v) is 5.46. The molecule has 1 unspecified atom stereocenters. The summed E-state index contributed by atoms with van der Waals surface area (Å²) in [5, 5.41) is 4.14. The lowest BCUT2D eigenvalue weighted by Gasteiger charge is -2.33. The molecule has 8 nitrogen and oxygen atoms in total. The number of ether oxygens (including phenoxy) is 3. The number of rotatable bonds is 6. The van der Waals surface area contributed by atoms with Gasteiger partial charge in [-0.25, -0.2) is 0 Å². The van der Waals surface area contributed by atoms with Gasteiger partial charge in [0.25, 0.3) is 5.91 Å². The van der Waals surface area contributed by atoms with Gasteiger partial charge in [0.1, 0.15) is 23.3 Å². The van der Waals surface area contributed by atoms with Crippen LogP contribution in [0.2, 0.25) is 0 Å². The molecule has 162 valence electrons. The van der Waals surface area contributed by atoms with Gasteiger partial charge in [-0.1, -0.05) is 17.3 Å². The molecule has 1 amide bonds. The third kappa shape index (κ3) is 4.19. The first-order valence-electron chi connectivity index (χ1n) is 10.2. The molecule has 0 aliphatic carbocycles. The van der Waals surface area contributed by atoms with Crippen LogP contribution >= 0.6 is 0 Å². The number of likely N-dealkylation sites (tertiary alicyclic amines) is 1. The summed E-state index contributed by atoms with van der Waals surface area (Å²) in [4.78, 5) is 19.8. The quantitative estimate of drug-likeness (QED) is 0.589. The highest BCUT2D eigenvalue weighted by molar-refractivity contribution is 5.97. The van der Waals surface area contributed by atoms with Crippen LogP contribution in [0.4, 0.5) is 0 Å². The van der Waals surface area contributed by atoms with Gasteiger partial charge in [-0.05, 0) is 43.5 Å². The van der Waals surface area contributed by atoms with Crippen molar-refractivity contribution in [3.05, 3.63) is 53.9 Å². The van der Waals surface area contributed by atoms with Crippen molar-refractivity contribution >= 4 is 5.91 Å². The van der Waals surface area contributed by atoms with Crippen molar-refractivity contribution in [3.63, 3.8) is 0 Å². The molecule has 1 aliphatic heterocycles. The van der Waals surface area contributed by atoms with Gasteiger partial charge in [0.2, 0.25) is 11.7 Å². The van der Waals surface area contributed by atoms with E-state index in [0.717, 1.165) is 24.8 Å². The largest absolute Gasteiger partial charge is 0.497 e. The highest BCUT2D eigenvalue weighted by Crippen LogP contribution is 2.35. The van der Waals surface area contributed by atoms with E-state index in [1.807, 2.05) is 24.3 Å². The Hall–Kier alpha value is -3.55. The van der Waals surface area contributed by atoms with Gasteiger partial charge in [0.15, 0.2) is 0 Å². The number of carbonyl (C=O) groups excluding carboxylic acids is 1. The zero-order chi connectivity index (χ0) is 21.8. The Bertz CT molecular complexity index is 1060. The normalized spacial score (nSPS) is 16.1. The summed E-state index contributed by atoms with van der Waals surface area (Å²) in [5.74, 6) is 2.57. The number of carbonyl (C=O) groups is 1. The molecule has 1 aromatic heterocycles. The molecule has 8 heteroatoms. The van der Waals surface area contributed by atoms with Crippen LogP contribution < -0.4 is 14.2 Å². The predicted molar refractivity (Wildman–Crippen MR) is 113 cm³/mol. The van der Waals surface area contributed by atoms with Crippen molar-refractivity contribution in [2.45, 2.75) is 25.3 Å². The van der Waals surface area contributed by atoms with Gasteiger partial charge < -0.3 is 23.6 Å². The SMILES string of the molecule is COc1cccc(-c2noc(C3CCCCN3C(=O)c3ccc(OC)cc3OC)n2)c1. The van der Waals surface area contributed by atoms with Gasteiger partial charge in [0, 0.05) is 18.2 Å². The van der Waals surface area contributed by atoms with Crippen LogP contribution in [0.5, 0.6) is 17.2 Å². The minimum absolute atomic E-state index is 0.134. The fraction of sp³-hybridized carbons (Fsp3) is 0.348. The van der Waals surface area contributed by atoms with Crippen LogP contribution in [-0.2, 0) is 0 Å². The molecule has 1 saturated heterocycles. The molecular formula is C23H25N3O5. The van der Waals surface area contributed by atoms with Crippen LogP contribution in [-0.4, -0.2) is 48.8 Å². The third-order valence-electron chi connectivity index (χ3n) is 5.46. The van der Waals surface area contributed by atoms with Gasteiger partial charge in [-0.3, -0.25) is 4.79 Å². The van der Waals surface area contributed by atoms with Crippen molar-refractivity contribution in [1.29, 1.82) is 0 Å². The zero-order valence-electron chi connectivity index (χ0n) is 17.8. The predicted octanol–water partition coefficient (Wildman–Crippen LogP) is 4.13. The number of hydrogen-bond donors (Lipinski definition) is 0. The first kappa shape index (κ1) is 20.7. The molecule has 1 fully saturated rings. The molecule has 31 heavy (non-hydrogen) atoms. The second kappa shape index (κ2) is 9.07. The maximum Gasteiger partial charge on any atom is 0.258 e. The minimum Gasteiger partial charge on any atom is -0.497 e. The molecule has 0 radical (unpaired) electrons. The topological polar surface area (TPSA) is 86.9 Å². The van der Waals surface area contributed by atoms with Crippen LogP contribution in [0.15, 0.2) is 47.0 Å². The average Bonchev–Trinajstić information content (AvgIpc) is 3.33. The molecule has 4 rings (SSSR count). The molecule has 3 aromatic rings. The van der Waals surface area contributed by atoms with Crippen molar-refractivity contribution in [3.8, 4) is 28.6 Å². The molecular weight excluding hydrogens is 398 g/mol. The van der Waals surface area contributed by atoms with Gasteiger partial charge in [-0.2, -0.15) is 4.98 Å². The van der Waals surface area contributed by atoms with Crippen LogP contribution in [0.25, 0.3) is 11.4 Å². The maximum absolute atomic E-state index is 13.4.